The van der Waals surface area contributed by atoms with Crippen molar-refractivity contribution in [1.29, 1.82) is 0 Å². The van der Waals surface area contributed by atoms with Crippen LogP contribution in [0.2, 0.25) is 0 Å². The third-order valence-electron chi connectivity index (χ3n) is 6.54. The van der Waals surface area contributed by atoms with Crippen LogP contribution in [0.1, 0.15) is 18.9 Å². The van der Waals surface area contributed by atoms with Crippen LogP contribution in [-0.4, -0.2) is 88.0 Å². The van der Waals surface area contributed by atoms with Crippen molar-refractivity contribution in [1.82, 2.24) is 0 Å². The molecule has 0 saturated carbocycles. The molecule has 2 fully saturated rings. The minimum Gasteiger partial charge on any atom is -0.478 e. The highest BCUT2D eigenvalue weighted by molar-refractivity contribution is 5.88. The molecule has 0 bridgehead atoms. The highest BCUT2D eigenvalue weighted by Gasteiger charge is 2.52. The third kappa shape index (κ3) is 6.00. The van der Waals surface area contributed by atoms with E-state index in [1.54, 1.807) is 37.3 Å². The van der Waals surface area contributed by atoms with Gasteiger partial charge in [0, 0.05) is 12.0 Å². The molecule has 0 aromatic heterocycles. The molecule has 1 aromatic carbocycles. The molecule has 3 aliphatic rings. The lowest BCUT2D eigenvalue weighted by Crippen LogP contribution is -2.61. The normalized spacial score (nSPS) is 35.6. The maximum absolute atomic E-state index is 12.1. The second-order valence-corrected chi connectivity index (χ2v) is 8.99. The van der Waals surface area contributed by atoms with E-state index in [4.69, 9.17) is 23.7 Å². The number of carboxylic acids is 1. The Hall–Kier alpha value is -3.29. The Balaban J connectivity index is 1.42. The summed E-state index contributed by atoms with van der Waals surface area (Å²) in [5.41, 5.74) is 0.649. The van der Waals surface area contributed by atoms with Gasteiger partial charge >= 0.3 is 17.9 Å². The van der Waals surface area contributed by atoms with Crippen LogP contribution in [0.25, 0.3) is 6.08 Å². The summed E-state index contributed by atoms with van der Waals surface area (Å²) in [5.74, 6) is -4.09. The highest BCUT2D eigenvalue weighted by Crippen LogP contribution is 2.41. The number of hydrogen-bond acceptors (Lipinski definition) is 11. The summed E-state index contributed by atoms with van der Waals surface area (Å²) in [6.07, 6.45) is -6.34. The molecule has 12 nitrogen and oxygen atoms in total. The van der Waals surface area contributed by atoms with Crippen molar-refractivity contribution in [3.8, 4) is 0 Å². The maximum atomic E-state index is 12.1. The van der Waals surface area contributed by atoms with E-state index >= 15 is 0 Å². The zero-order chi connectivity index (χ0) is 26.7. The quantitative estimate of drug-likeness (QED) is 0.279. The fourth-order valence-corrected chi connectivity index (χ4v) is 4.59. The zero-order valence-electron chi connectivity index (χ0n) is 19.8. The molecular weight excluding hydrogens is 492 g/mol. The molecular formula is C25H28O12. The average molecular weight is 520 g/mol. The SMILES string of the molecule is C[C@H]1OC(=O)C[C@@H]2C(C(=O)O)=CO[C@@H](O[C@@H]3O[C@H](COC(=O)/C=C/c4ccccc4)[C@@H](O)[C@H](O)[C@H]3O)[C@@H]21. The Kier molecular flexibility index (Phi) is 8.25. The predicted octanol–water partition coefficient (Wildman–Crippen LogP) is -0.0402. The third-order valence-corrected chi connectivity index (χ3v) is 6.54. The van der Waals surface area contributed by atoms with E-state index in [2.05, 4.69) is 0 Å². The molecule has 0 spiro atoms. The average Bonchev–Trinajstić information content (AvgIpc) is 2.87. The fraction of sp³-hybridized carbons (Fsp3) is 0.480. The van der Waals surface area contributed by atoms with Crippen LogP contribution in [0.3, 0.4) is 0 Å². The molecule has 0 unspecified atom stereocenters. The Labute approximate surface area is 211 Å². The molecule has 0 amide bonds. The molecule has 3 heterocycles. The van der Waals surface area contributed by atoms with Crippen LogP contribution in [-0.2, 0) is 38.1 Å². The van der Waals surface area contributed by atoms with Crippen LogP contribution in [0, 0.1) is 11.8 Å². The maximum Gasteiger partial charge on any atom is 0.335 e. The van der Waals surface area contributed by atoms with Crippen LogP contribution in [0.15, 0.2) is 48.2 Å². The van der Waals surface area contributed by atoms with E-state index in [0.29, 0.717) is 0 Å². The molecule has 9 atom stereocenters. The van der Waals surface area contributed by atoms with Crippen molar-refractivity contribution in [2.75, 3.05) is 6.61 Å². The molecule has 12 heteroatoms. The molecule has 3 aliphatic heterocycles. The number of esters is 2. The minimum absolute atomic E-state index is 0.123. The standard InChI is InChI=1S/C25H28O12/c1-12-19-14(9-18(27)35-12)15(23(31)32)10-34-24(19)37-25-22(30)21(29)20(28)16(36-25)11-33-17(26)8-7-13-5-3-2-4-6-13/h2-8,10,12,14,16,19-22,24-25,28-30H,9,11H2,1H3,(H,31,32)/b8-7+/t12-,14-,16-,19-,20-,21+,22-,24+,25+/m1/s1. The van der Waals surface area contributed by atoms with Gasteiger partial charge in [-0.15, -0.1) is 0 Å². The number of aliphatic hydroxyl groups excluding tert-OH is 3. The number of aliphatic hydroxyl groups is 3. The summed E-state index contributed by atoms with van der Waals surface area (Å²) < 4.78 is 27.2. The second kappa shape index (κ2) is 11.4. The van der Waals surface area contributed by atoms with Crippen molar-refractivity contribution < 1.29 is 58.5 Å². The van der Waals surface area contributed by atoms with Crippen molar-refractivity contribution in [3.05, 3.63) is 53.8 Å². The molecule has 4 rings (SSSR count). The number of carbonyl (C=O) groups is 3. The summed E-state index contributed by atoms with van der Waals surface area (Å²) in [7, 11) is 0. The van der Waals surface area contributed by atoms with Gasteiger partial charge in [-0.1, -0.05) is 30.3 Å². The van der Waals surface area contributed by atoms with Gasteiger partial charge in [0.15, 0.2) is 6.29 Å². The molecule has 1 aromatic rings. The van der Waals surface area contributed by atoms with Crippen LogP contribution in [0.4, 0.5) is 0 Å². The van der Waals surface area contributed by atoms with Gasteiger partial charge in [0.05, 0.1) is 24.2 Å². The Morgan fingerprint density at radius 1 is 1.08 bits per heavy atom. The number of hydrogen-bond donors (Lipinski definition) is 4. The van der Waals surface area contributed by atoms with E-state index in [-0.39, 0.29) is 12.0 Å². The van der Waals surface area contributed by atoms with Crippen LogP contribution < -0.4 is 0 Å². The van der Waals surface area contributed by atoms with Crippen molar-refractivity contribution >= 4 is 24.0 Å². The molecule has 4 N–H and O–H groups in total. The van der Waals surface area contributed by atoms with Gasteiger partial charge < -0.3 is 44.1 Å². The van der Waals surface area contributed by atoms with Crippen LogP contribution >= 0.6 is 0 Å². The minimum atomic E-state index is -1.71. The number of ether oxygens (including phenoxy) is 5. The van der Waals surface area contributed by atoms with Gasteiger partial charge in [0.2, 0.25) is 6.29 Å². The topological polar surface area (TPSA) is 178 Å². The molecule has 0 radical (unpaired) electrons. The number of rotatable bonds is 7. The summed E-state index contributed by atoms with van der Waals surface area (Å²) in [5, 5.41) is 40.6. The van der Waals surface area contributed by atoms with Gasteiger partial charge in [0.1, 0.15) is 37.1 Å². The van der Waals surface area contributed by atoms with Gasteiger partial charge in [-0.05, 0) is 18.6 Å². The van der Waals surface area contributed by atoms with E-state index < -0.39 is 79.5 Å². The Morgan fingerprint density at radius 2 is 1.81 bits per heavy atom. The molecule has 0 aliphatic carbocycles. The van der Waals surface area contributed by atoms with Gasteiger partial charge in [-0.25, -0.2) is 9.59 Å². The van der Waals surface area contributed by atoms with Crippen molar-refractivity contribution in [2.45, 2.75) is 56.4 Å². The lowest BCUT2D eigenvalue weighted by atomic mass is 9.77. The first-order valence-electron chi connectivity index (χ1n) is 11.7. The summed E-state index contributed by atoms with van der Waals surface area (Å²) >= 11 is 0. The fourth-order valence-electron chi connectivity index (χ4n) is 4.59. The Morgan fingerprint density at radius 3 is 2.51 bits per heavy atom. The van der Waals surface area contributed by atoms with E-state index in [1.807, 2.05) is 6.07 Å². The van der Waals surface area contributed by atoms with E-state index in [0.717, 1.165) is 11.8 Å². The number of fused-ring (bicyclic) bond motifs is 1. The van der Waals surface area contributed by atoms with E-state index in [9.17, 15) is 34.8 Å². The number of cyclic esters (lactones) is 1. The molecule has 200 valence electrons. The number of aliphatic carboxylic acids is 1. The van der Waals surface area contributed by atoms with Gasteiger partial charge in [0.25, 0.3) is 0 Å². The number of carbonyl (C=O) groups excluding carboxylic acids is 2. The first-order chi connectivity index (χ1) is 17.7. The second-order valence-electron chi connectivity index (χ2n) is 8.99. The van der Waals surface area contributed by atoms with Crippen LogP contribution in [0.5, 0.6) is 0 Å². The first kappa shape index (κ1) is 26.8. The summed E-state index contributed by atoms with van der Waals surface area (Å²) in [6.45, 7) is 1.10. The smallest absolute Gasteiger partial charge is 0.335 e. The first-order valence-corrected chi connectivity index (χ1v) is 11.7. The number of carboxylic acid groups (broad SMARTS) is 1. The molecule has 37 heavy (non-hydrogen) atoms. The Bertz CT molecular complexity index is 1050. The van der Waals surface area contributed by atoms with E-state index in [1.165, 1.54) is 6.08 Å². The lowest BCUT2D eigenvalue weighted by Gasteiger charge is -2.45. The monoisotopic (exact) mass is 520 g/mol. The lowest BCUT2D eigenvalue weighted by molar-refractivity contribution is -0.346. The van der Waals surface area contributed by atoms with Crippen molar-refractivity contribution in [3.63, 3.8) is 0 Å². The van der Waals surface area contributed by atoms with Gasteiger partial charge in [-0.2, -0.15) is 0 Å². The summed E-state index contributed by atoms with van der Waals surface area (Å²) in [6, 6.07) is 9.02. The molecule has 2 saturated heterocycles. The predicted molar refractivity (Wildman–Crippen MR) is 122 cm³/mol. The highest BCUT2D eigenvalue weighted by atomic mass is 16.8. The summed E-state index contributed by atoms with van der Waals surface area (Å²) in [4.78, 5) is 35.7. The van der Waals surface area contributed by atoms with Crippen molar-refractivity contribution in [2.24, 2.45) is 11.8 Å². The largest absolute Gasteiger partial charge is 0.478 e. The zero-order valence-corrected chi connectivity index (χ0v) is 19.8. The van der Waals surface area contributed by atoms with Gasteiger partial charge in [-0.3, -0.25) is 4.79 Å². The number of benzene rings is 1.